The first-order valence-corrected chi connectivity index (χ1v) is 5.25. The highest BCUT2D eigenvalue weighted by Gasteiger charge is 2.17. The predicted octanol–water partition coefficient (Wildman–Crippen LogP) is 0.887. The second-order valence-electron chi connectivity index (χ2n) is 3.41. The minimum Gasteiger partial charge on any atom is -0.389 e. The number of nitrogens with zero attached hydrogens (tertiary/aromatic N) is 1. The van der Waals surface area contributed by atoms with Crippen molar-refractivity contribution in [2.45, 2.75) is 12.2 Å². The smallest absolute Gasteiger partial charge is 0.106 e. The number of thiol groups is 1. The lowest BCUT2D eigenvalue weighted by molar-refractivity contribution is 0.0338. The lowest BCUT2D eigenvalue weighted by Gasteiger charge is -2.15. The molecule has 4 nitrogen and oxygen atoms in total. The fraction of sp³-hybridized carbons (Fsp3) is 0.300. The van der Waals surface area contributed by atoms with E-state index in [2.05, 4.69) is 22.8 Å². The van der Waals surface area contributed by atoms with E-state index in [0.717, 1.165) is 10.9 Å². The maximum Gasteiger partial charge on any atom is 0.106 e. The number of rotatable bonds is 3. The van der Waals surface area contributed by atoms with Gasteiger partial charge in [-0.15, -0.1) is 0 Å². The molecule has 2 unspecified atom stereocenters. The van der Waals surface area contributed by atoms with Crippen molar-refractivity contribution in [3.05, 3.63) is 30.0 Å². The molecular formula is C10H12N2O2S. The molecule has 0 saturated heterocycles. The van der Waals surface area contributed by atoms with Crippen LogP contribution in [0.25, 0.3) is 10.9 Å². The fourth-order valence-electron chi connectivity index (χ4n) is 1.46. The number of benzene rings is 1. The summed E-state index contributed by atoms with van der Waals surface area (Å²) in [5.41, 5.74) is 1.51. The van der Waals surface area contributed by atoms with Crippen LogP contribution in [0.15, 0.2) is 24.4 Å². The normalized spacial score (nSPS) is 15.4. The summed E-state index contributed by atoms with van der Waals surface area (Å²) in [6.07, 6.45) is -0.0514. The van der Waals surface area contributed by atoms with E-state index in [0.29, 0.717) is 5.56 Å². The number of hydrogen-bond acceptors (Lipinski definition) is 4. The Hall–Kier alpha value is -1.04. The number of nitrogens with one attached hydrogen (secondary N) is 1. The zero-order chi connectivity index (χ0) is 10.8. The summed E-state index contributed by atoms with van der Waals surface area (Å²) in [6.45, 7) is 0. The number of aromatic amines is 1. The van der Waals surface area contributed by atoms with Gasteiger partial charge in [-0.2, -0.15) is 17.7 Å². The Morgan fingerprint density at radius 3 is 2.93 bits per heavy atom. The van der Waals surface area contributed by atoms with Gasteiger partial charge in [0.25, 0.3) is 0 Å². The molecule has 1 aromatic carbocycles. The molecule has 2 aromatic rings. The number of fused-ring (bicyclic) bond motifs is 1. The topological polar surface area (TPSA) is 69.1 Å². The third-order valence-electron chi connectivity index (χ3n) is 2.36. The van der Waals surface area contributed by atoms with Gasteiger partial charge in [-0.1, -0.05) is 12.1 Å². The van der Waals surface area contributed by atoms with Gasteiger partial charge in [-0.05, 0) is 11.6 Å². The van der Waals surface area contributed by atoms with Crippen LogP contribution >= 0.6 is 12.6 Å². The van der Waals surface area contributed by atoms with E-state index >= 15 is 0 Å². The summed E-state index contributed by atoms with van der Waals surface area (Å²) in [4.78, 5) is 0. The molecule has 15 heavy (non-hydrogen) atoms. The van der Waals surface area contributed by atoms with Crippen LogP contribution in [0.2, 0.25) is 0 Å². The molecule has 1 heterocycles. The Kier molecular flexibility index (Phi) is 2.95. The average Bonchev–Trinajstić information content (AvgIpc) is 2.73. The highest BCUT2D eigenvalue weighted by molar-refractivity contribution is 7.80. The van der Waals surface area contributed by atoms with Crippen LogP contribution in [0, 0.1) is 0 Å². The zero-order valence-electron chi connectivity index (χ0n) is 7.96. The number of aliphatic hydroxyl groups is 2. The van der Waals surface area contributed by atoms with E-state index in [-0.39, 0.29) is 5.75 Å². The zero-order valence-corrected chi connectivity index (χ0v) is 8.85. The highest BCUT2D eigenvalue weighted by atomic mass is 32.1. The van der Waals surface area contributed by atoms with Crippen molar-refractivity contribution >= 4 is 23.5 Å². The molecule has 2 atom stereocenters. The quantitative estimate of drug-likeness (QED) is 0.585. The van der Waals surface area contributed by atoms with E-state index in [1.165, 1.54) is 0 Å². The lowest BCUT2D eigenvalue weighted by Crippen LogP contribution is -2.19. The van der Waals surface area contributed by atoms with Gasteiger partial charge in [-0.25, -0.2) is 0 Å². The molecule has 0 radical (unpaired) electrons. The standard InChI is InChI=1S/C10H12N2O2S/c13-9(5-15)10(14)6-1-2-7-4-11-12-8(7)3-6/h1-4,9-10,13-15H,5H2,(H,11,12). The summed E-state index contributed by atoms with van der Waals surface area (Å²) in [7, 11) is 0. The number of aromatic nitrogens is 2. The molecule has 0 aliphatic carbocycles. The van der Waals surface area contributed by atoms with Crippen molar-refractivity contribution in [2.24, 2.45) is 0 Å². The Balaban J connectivity index is 2.35. The van der Waals surface area contributed by atoms with Crippen molar-refractivity contribution in [3.8, 4) is 0 Å². The predicted molar refractivity (Wildman–Crippen MR) is 60.9 cm³/mol. The van der Waals surface area contributed by atoms with Crippen LogP contribution in [0.4, 0.5) is 0 Å². The van der Waals surface area contributed by atoms with Crippen molar-refractivity contribution < 1.29 is 10.2 Å². The van der Waals surface area contributed by atoms with Gasteiger partial charge in [0, 0.05) is 11.1 Å². The summed E-state index contributed by atoms with van der Waals surface area (Å²) in [6, 6.07) is 5.40. The monoisotopic (exact) mass is 224 g/mol. The molecule has 0 aliphatic rings. The number of aliphatic hydroxyl groups excluding tert-OH is 2. The van der Waals surface area contributed by atoms with E-state index in [1.807, 2.05) is 6.07 Å². The minimum absolute atomic E-state index is 0.224. The van der Waals surface area contributed by atoms with E-state index in [1.54, 1.807) is 18.3 Å². The maximum absolute atomic E-state index is 9.75. The van der Waals surface area contributed by atoms with Crippen molar-refractivity contribution in [1.29, 1.82) is 0 Å². The average molecular weight is 224 g/mol. The fourth-order valence-corrected chi connectivity index (χ4v) is 1.66. The van der Waals surface area contributed by atoms with Crippen LogP contribution in [-0.2, 0) is 0 Å². The van der Waals surface area contributed by atoms with Crippen LogP contribution in [-0.4, -0.2) is 32.3 Å². The van der Waals surface area contributed by atoms with Crippen LogP contribution in [0.1, 0.15) is 11.7 Å². The third-order valence-corrected chi connectivity index (χ3v) is 2.73. The molecule has 0 fully saturated rings. The SMILES string of the molecule is OC(CS)C(O)c1ccc2cn[nH]c2c1. The Morgan fingerprint density at radius 1 is 1.40 bits per heavy atom. The van der Waals surface area contributed by atoms with Crippen molar-refractivity contribution in [1.82, 2.24) is 10.2 Å². The molecule has 2 rings (SSSR count). The first kappa shape index (κ1) is 10.5. The molecule has 1 aromatic heterocycles. The molecule has 0 saturated carbocycles. The largest absolute Gasteiger partial charge is 0.389 e. The van der Waals surface area contributed by atoms with Crippen LogP contribution < -0.4 is 0 Å². The van der Waals surface area contributed by atoms with E-state index < -0.39 is 12.2 Å². The Labute approximate surface area is 92.3 Å². The van der Waals surface area contributed by atoms with Gasteiger partial charge < -0.3 is 10.2 Å². The molecule has 5 heteroatoms. The minimum atomic E-state index is -0.907. The number of H-pyrrole nitrogens is 1. The van der Waals surface area contributed by atoms with Crippen LogP contribution in [0.3, 0.4) is 0 Å². The molecular weight excluding hydrogens is 212 g/mol. The second kappa shape index (κ2) is 4.22. The van der Waals surface area contributed by atoms with Crippen LogP contribution in [0.5, 0.6) is 0 Å². The third kappa shape index (κ3) is 1.99. The van der Waals surface area contributed by atoms with Gasteiger partial charge in [-0.3, -0.25) is 5.10 Å². The Bertz CT molecular complexity index is 457. The molecule has 0 spiro atoms. The Morgan fingerprint density at radius 2 is 2.20 bits per heavy atom. The van der Waals surface area contributed by atoms with E-state index in [9.17, 15) is 10.2 Å². The summed E-state index contributed by atoms with van der Waals surface area (Å²) in [5.74, 6) is 0.224. The molecule has 0 bridgehead atoms. The highest BCUT2D eigenvalue weighted by Crippen LogP contribution is 2.21. The molecule has 3 N–H and O–H groups in total. The van der Waals surface area contributed by atoms with Gasteiger partial charge >= 0.3 is 0 Å². The van der Waals surface area contributed by atoms with Gasteiger partial charge in [0.2, 0.25) is 0 Å². The van der Waals surface area contributed by atoms with Crippen molar-refractivity contribution in [2.75, 3.05) is 5.75 Å². The van der Waals surface area contributed by atoms with Gasteiger partial charge in [0.15, 0.2) is 0 Å². The summed E-state index contributed by atoms with van der Waals surface area (Å²) < 4.78 is 0. The molecule has 0 amide bonds. The lowest BCUT2D eigenvalue weighted by atomic mass is 10.0. The first-order valence-electron chi connectivity index (χ1n) is 4.62. The second-order valence-corrected chi connectivity index (χ2v) is 3.78. The van der Waals surface area contributed by atoms with Gasteiger partial charge in [0.1, 0.15) is 6.10 Å². The van der Waals surface area contributed by atoms with E-state index in [4.69, 9.17) is 0 Å². The molecule has 80 valence electrons. The number of hydrogen-bond donors (Lipinski definition) is 4. The maximum atomic E-state index is 9.75. The summed E-state index contributed by atoms with van der Waals surface area (Å²) >= 11 is 3.94. The van der Waals surface area contributed by atoms with Gasteiger partial charge in [0.05, 0.1) is 17.8 Å². The summed E-state index contributed by atoms with van der Waals surface area (Å²) in [5, 5.41) is 26.9. The molecule has 0 aliphatic heterocycles. The first-order chi connectivity index (χ1) is 7.22. The van der Waals surface area contributed by atoms with Crippen molar-refractivity contribution in [3.63, 3.8) is 0 Å².